The van der Waals surface area contributed by atoms with Crippen molar-refractivity contribution in [3.8, 4) is 5.75 Å². The predicted octanol–water partition coefficient (Wildman–Crippen LogP) is 5.12. The summed E-state index contributed by atoms with van der Waals surface area (Å²) in [4.78, 5) is 27.5. The highest BCUT2D eigenvalue weighted by Crippen LogP contribution is 2.48. The average molecular weight is 482 g/mol. The number of halogens is 1. The van der Waals surface area contributed by atoms with Gasteiger partial charge in [0.05, 0.1) is 37.2 Å². The lowest BCUT2D eigenvalue weighted by Crippen LogP contribution is -2.45. The van der Waals surface area contributed by atoms with E-state index in [1.54, 1.807) is 31.3 Å². The third-order valence-electron chi connectivity index (χ3n) is 6.93. The molecule has 2 aliphatic rings. The van der Waals surface area contributed by atoms with Crippen molar-refractivity contribution in [2.45, 2.75) is 44.8 Å². The summed E-state index contributed by atoms with van der Waals surface area (Å²) in [6.07, 6.45) is 8.57. The highest BCUT2D eigenvalue weighted by Gasteiger charge is 2.52. The molecule has 1 aromatic carbocycles. The zero-order chi connectivity index (χ0) is 23.9. The van der Waals surface area contributed by atoms with E-state index in [4.69, 9.17) is 21.1 Å². The van der Waals surface area contributed by atoms with Gasteiger partial charge in [0.1, 0.15) is 22.2 Å². The molecule has 2 atom stereocenters. The SMILES string of the molecule is CN=Cc1ccc2ncn(C[C@@]3(C)CCC[C@@]4(CN(c5cnc(Cl)cc5OC)C(=O)O4)C3)c2c1. The third kappa shape index (κ3) is 4.11. The van der Waals surface area contributed by atoms with Crippen LogP contribution in [0.2, 0.25) is 5.15 Å². The Bertz CT molecular complexity index is 1270. The first-order valence-electron chi connectivity index (χ1n) is 11.4. The van der Waals surface area contributed by atoms with Crippen LogP contribution < -0.4 is 9.64 Å². The minimum absolute atomic E-state index is 0.0562. The van der Waals surface area contributed by atoms with E-state index in [2.05, 4.69) is 32.5 Å². The molecule has 5 rings (SSSR count). The lowest BCUT2D eigenvalue weighted by Gasteiger charge is -2.43. The first-order chi connectivity index (χ1) is 16.3. The van der Waals surface area contributed by atoms with Gasteiger partial charge in [0, 0.05) is 25.9 Å². The third-order valence-corrected chi connectivity index (χ3v) is 7.14. The van der Waals surface area contributed by atoms with Crippen LogP contribution in [0.3, 0.4) is 0 Å². The van der Waals surface area contributed by atoms with Crippen LogP contribution in [-0.4, -0.2) is 53.1 Å². The van der Waals surface area contributed by atoms with Crippen molar-refractivity contribution in [3.05, 3.63) is 47.5 Å². The minimum Gasteiger partial charge on any atom is -0.494 e. The standard InChI is InChI=1S/C25H28ClN5O3/c1-24(14-30-16-29-18-6-5-17(11-27-2)9-19(18)30)7-4-8-25(13-24)15-31(23(32)34-25)20-12-28-22(26)10-21(20)33-3/h5-6,9-12,16H,4,7-8,13-15H2,1-3H3/t24-,25-/m0/s1. The number of carbonyl (C=O) groups excluding carboxylic acids is 1. The lowest BCUT2D eigenvalue weighted by molar-refractivity contribution is -0.0264. The molecule has 8 nitrogen and oxygen atoms in total. The predicted molar refractivity (Wildman–Crippen MR) is 132 cm³/mol. The van der Waals surface area contributed by atoms with Crippen molar-refractivity contribution in [1.82, 2.24) is 14.5 Å². The minimum atomic E-state index is -0.550. The Morgan fingerprint density at radius 3 is 2.94 bits per heavy atom. The molecule has 9 heteroatoms. The normalized spacial score (nSPS) is 24.9. The van der Waals surface area contributed by atoms with Crippen LogP contribution in [0.1, 0.15) is 38.2 Å². The van der Waals surface area contributed by atoms with Gasteiger partial charge in [-0.25, -0.2) is 14.8 Å². The molecule has 34 heavy (non-hydrogen) atoms. The number of benzene rings is 1. The molecule has 0 N–H and O–H groups in total. The number of carbonyl (C=O) groups is 1. The number of pyridine rings is 1. The molecular weight excluding hydrogens is 454 g/mol. The highest BCUT2D eigenvalue weighted by molar-refractivity contribution is 6.29. The molecule has 178 valence electrons. The second kappa shape index (κ2) is 8.58. The maximum atomic E-state index is 13.0. The Morgan fingerprint density at radius 1 is 1.29 bits per heavy atom. The van der Waals surface area contributed by atoms with Crippen LogP contribution in [-0.2, 0) is 11.3 Å². The molecule has 0 radical (unpaired) electrons. The van der Waals surface area contributed by atoms with Gasteiger partial charge < -0.3 is 14.0 Å². The molecule has 1 amide bonds. The smallest absolute Gasteiger partial charge is 0.415 e. The summed E-state index contributed by atoms with van der Waals surface area (Å²) in [7, 11) is 3.32. The van der Waals surface area contributed by atoms with E-state index in [1.165, 1.54) is 0 Å². The van der Waals surface area contributed by atoms with Crippen molar-refractivity contribution >= 4 is 40.6 Å². The second-order valence-electron chi connectivity index (χ2n) is 9.66. The maximum absolute atomic E-state index is 13.0. The first kappa shape index (κ1) is 22.7. The Balaban J connectivity index is 1.40. The van der Waals surface area contributed by atoms with Crippen molar-refractivity contribution in [3.63, 3.8) is 0 Å². The van der Waals surface area contributed by atoms with Gasteiger partial charge in [-0.05, 0) is 48.8 Å². The Labute approximate surface area is 203 Å². The summed E-state index contributed by atoms with van der Waals surface area (Å²) in [5.41, 5.74) is 3.06. The number of methoxy groups -OCH3 is 1. The number of fused-ring (bicyclic) bond motifs is 1. The van der Waals surface area contributed by atoms with Crippen LogP contribution in [0.25, 0.3) is 11.0 Å². The summed E-state index contributed by atoms with van der Waals surface area (Å²) >= 11 is 6.01. The second-order valence-corrected chi connectivity index (χ2v) is 10.1. The number of aliphatic imine (C=N–C) groups is 1. The van der Waals surface area contributed by atoms with Gasteiger partial charge in [0.2, 0.25) is 0 Å². The van der Waals surface area contributed by atoms with Crippen LogP contribution in [0.5, 0.6) is 5.75 Å². The van der Waals surface area contributed by atoms with E-state index in [1.807, 2.05) is 24.7 Å². The van der Waals surface area contributed by atoms with Crippen molar-refractivity contribution < 1.29 is 14.3 Å². The number of aromatic nitrogens is 3. The molecule has 1 saturated carbocycles. The summed E-state index contributed by atoms with van der Waals surface area (Å²) in [5, 5.41) is 0.314. The number of amides is 1. The van der Waals surface area contributed by atoms with E-state index in [9.17, 15) is 4.79 Å². The molecule has 1 spiro atoms. The largest absolute Gasteiger partial charge is 0.494 e. The van der Waals surface area contributed by atoms with Gasteiger partial charge in [0.25, 0.3) is 0 Å². The maximum Gasteiger partial charge on any atom is 0.415 e. The van der Waals surface area contributed by atoms with E-state index >= 15 is 0 Å². The zero-order valence-electron chi connectivity index (χ0n) is 19.6. The zero-order valence-corrected chi connectivity index (χ0v) is 20.4. The molecule has 0 unspecified atom stereocenters. The van der Waals surface area contributed by atoms with Gasteiger partial charge in [-0.2, -0.15) is 0 Å². The Morgan fingerprint density at radius 2 is 2.15 bits per heavy atom. The van der Waals surface area contributed by atoms with Crippen LogP contribution in [0, 0.1) is 5.41 Å². The first-order valence-corrected chi connectivity index (χ1v) is 11.8. The molecule has 1 aliphatic heterocycles. The van der Waals surface area contributed by atoms with Crippen LogP contribution >= 0.6 is 11.6 Å². The van der Waals surface area contributed by atoms with Gasteiger partial charge in [0.15, 0.2) is 0 Å². The Hall–Kier alpha value is -3.13. The molecule has 2 aromatic heterocycles. The Kier molecular flexibility index (Phi) is 5.72. The lowest BCUT2D eigenvalue weighted by atomic mass is 9.68. The molecule has 1 aliphatic carbocycles. The van der Waals surface area contributed by atoms with E-state index in [0.717, 1.165) is 48.8 Å². The van der Waals surface area contributed by atoms with Crippen molar-refractivity contribution in [1.29, 1.82) is 0 Å². The number of ether oxygens (including phenoxy) is 2. The topological polar surface area (TPSA) is 81.8 Å². The van der Waals surface area contributed by atoms with Crippen LogP contribution in [0.15, 0.2) is 41.8 Å². The number of nitrogens with zero attached hydrogens (tertiary/aromatic N) is 5. The molecule has 1 saturated heterocycles. The number of hydrogen-bond acceptors (Lipinski definition) is 6. The number of anilines is 1. The summed E-state index contributed by atoms with van der Waals surface area (Å²) in [6.45, 7) is 3.53. The number of rotatable bonds is 5. The number of hydrogen-bond donors (Lipinski definition) is 0. The molecule has 3 aromatic rings. The number of imidazole rings is 1. The van der Waals surface area contributed by atoms with Gasteiger partial charge in [-0.3, -0.25) is 9.89 Å². The fraction of sp³-hybridized carbons (Fsp3) is 0.440. The van der Waals surface area contributed by atoms with Gasteiger partial charge >= 0.3 is 6.09 Å². The molecule has 0 bridgehead atoms. The van der Waals surface area contributed by atoms with Crippen molar-refractivity contribution in [2.75, 3.05) is 25.6 Å². The van der Waals surface area contributed by atoms with Gasteiger partial charge in [-0.1, -0.05) is 24.6 Å². The molecule has 2 fully saturated rings. The van der Waals surface area contributed by atoms with Crippen molar-refractivity contribution in [2.24, 2.45) is 10.4 Å². The summed E-state index contributed by atoms with van der Waals surface area (Å²) < 4.78 is 13.7. The van der Waals surface area contributed by atoms with E-state index < -0.39 is 5.60 Å². The van der Waals surface area contributed by atoms with Crippen LogP contribution in [0.4, 0.5) is 10.5 Å². The monoisotopic (exact) mass is 481 g/mol. The molecule has 3 heterocycles. The quantitative estimate of drug-likeness (QED) is 0.373. The van der Waals surface area contributed by atoms with E-state index in [0.29, 0.717) is 23.1 Å². The summed E-state index contributed by atoms with van der Waals surface area (Å²) in [6, 6.07) is 7.78. The van der Waals surface area contributed by atoms with E-state index in [-0.39, 0.29) is 11.5 Å². The fourth-order valence-electron chi connectivity index (χ4n) is 5.57. The summed E-state index contributed by atoms with van der Waals surface area (Å²) in [5.74, 6) is 0.504. The highest BCUT2D eigenvalue weighted by atomic mass is 35.5. The fourth-order valence-corrected chi connectivity index (χ4v) is 5.72. The average Bonchev–Trinajstić information content (AvgIpc) is 3.33. The molecular formula is C25H28ClN5O3. The van der Waals surface area contributed by atoms with Gasteiger partial charge in [-0.15, -0.1) is 0 Å².